The van der Waals surface area contributed by atoms with Crippen molar-refractivity contribution in [2.75, 3.05) is 20.8 Å². The lowest BCUT2D eigenvalue weighted by Gasteiger charge is -2.16. The Morgan fingerprint density at radius 1 is 1.09 bits per heavy atom. The summed E-state index contributed by atoms with van der Waals surface area (Å²) < 4.78 is 31.3. The molecule has 0 unspecified atom stereocenters. The molecule has 9 heteroatoms. The summed E-state index contributed by atoms with van der Waals surface area (Å²) in [6, 6.07) is 18.2. The van der Waals surface area contributed by atoms with E-state index in [9.17, 15) is 13.2 Å². The number of hydrogen-bond acceptors (Lipinski definition) is 5. The monoisotopic (exact) mass is 486 g/mol. The molecule has 7 nitrogen and oxygen atoms in total. The highest BCUT2D eigenvalue weighted by Crippen LogP contribution is 2.30. The number of carbonyl (C=O) groups excluding carboxylic acids is 1. The summed E-state index contributed by atoms with van der Waals surface area (Å²) >= 11 is 6.06. The van der Waals surface area contributed by atoms with Gasteiger partial charge in [0.05, 0.1) is 18.7 Å². The van der Waals surface area contributed by atoms with Crippen molar-refractivity contribution < 1.29 is 22.8 Å². The van der Waals surface area contributed by atoms with Gasteiger partial charge in [-0.15, -0.1) is 0 Å². The first-order valence-electron chi connectivity index (χ1n) is 10.3. The van der Waals surface area contributed by atoms with Gasteiger partial charge in [0, 0.05) is 25.6 Å². The lowest BCUT2D eigenvalue weighted by Crippen LogP contribution is -2.27. The van der Waals surface area contributed by atoms with Crippen LogP contribution >= 0.6 is 11.6 Å². The maximum absolute atomic E-state index is 12.6. The number of ether oxygens (including phenoxy) is 1. The average Bonchev–Trinajstić information content (AvgIpc) is 3.30. The van der Waals surface area contributed by atoms with E-state index in [1.54, 1.807) is 0 Å². The second-order valence-corrected chi connectivity index (χ2v) is 9.85. The Morgan fingerprint density at radius 2 is 1.82 bits per heavy atom. The minimum Gasteiger partial charge on any atom is -0.493 e. The molecule has 0 radical (unpaired) electrons. The molecule has 0 bridgehead atoms. The van der Waals surface area contributed by atoms with E-state index in [0.717, 1.165) is 35.5 Å². The minimum absolute atomic E-state index is 0.00385. The highest BCUT2D eigenvalue weighted by molar-refractivity contribution is 7.89. The maximum Gasteiger partial charge on any atom is 0.266 e. The third-order valence-corrected chi connectivity index (χ3v) is 7.66. The van der Waals surface area contributed by atoms with Crippen LogP contribution in [0.15, 0.2) is 65.6 Å². The number of hydrogen-bond donors (Lipinski definition) is 1. The number of rotatable bonds is 7. The van der Waals surface area contributed by atoms with E-state index in [2.05, 4.69) is 11.4 Å². The largest absolute Gasteiger partial charge is 0.493 e. The number of fused-ring (bicyclic) bond motifs is 1. The molecule has 0 fully saturated rings. The molecule has 0 saturated carbocycles. The SMILES string of the molecule is CON(C)S(=O)(=O)c1cc(C(=O)NCc2ccc(-c3ccc4c(c3)CCO4)cc2)ccc1Cl. The van der Waals surface area contributed by atoms with Crippen molar-refractivity contribution in [2.24, 2.45) is 0 Å². The van der Waals surface area contributed by atoms with Gasteiger partial charge in [-0.1, -0.05) is 46.4 Å². The second kappa shape index (κ2) is 9.52. The number of nitrogens with one attached hydrogen (secondary N) is 1. The first-order valence-corrected chi connectivity index (χ1v) is 12.1. The summed E-state index contributed by atoms with van der Waals surface area (Å²) in [4.78, 5) is 17.2. The predicted molar refractivity (Wildman–Crippen MR) is 126 cm³/mol. The smallest absolute Gasteiger partial charge is 0.266 e. The third-order valence-electron chi connectivity index (χ3n) is 5.50. The topological polar surface area (TPSA) is 84.9 Å². The maximum atomic E-state index is 12.6. The number of hydroxylamine groups is 1. The van der Waals surface area contributed by atoms with Crippen LogP contribution in [0, 0.1) is 0 Å². The summed E-state index contributed by atoms with van der Waals surface area (Å²) in [6.45, 7) is 1.02. The Morgan fingerprint density at radius 3 is 2.55 bits per heavy atom. The molecule has 1 amide bonds. The molecular formula is C24H23ClN2O5S. The number of sulfonamides is 1. The highest BCUT2D eigenvalue weighted by atomic mass is 35.5. The van der Waals surface area contributed by atoms with Crippen molar-refractivity contribution in [3.05, 3.63) is 82.4 Å². The first-order chi connectivity index (χ1) is 15.8. The molecule has 1 heterocycles. The van der Waals surface area contributed by atoms with Crippen LogP contribution in [0.1, 0.15) is 21.5 Å². The van der Waals surface area contributed by atoms with Crippen molar-refractivity contribution in [1.29, 1.82) is 0 Å². The van der Waals surface area contributed by atoms with Gasteiger partial charge in [-0.05, 0) is 52.6 Å². The molecule has 172 valence electrons. The van der Waals surface area contributed by atoms with Crippen LogP contribution in [-0.2, 0) is 27.8 Å². The van der Waals surface area contributed by atoms with Gasteiger partial charge in [0.15, 0.2) is 0 Å². The lowest BCUT2D eigenvalue weighted by molar-refractivity contribution is -0.0258. The molecule has 0 spiro atoms. The fourth-order valence-electron chi connectivity index (χ4n) is 3.54. The van der Waals surface area contributed by atoms with E-state index in [1.807, 2.05) is 36.4 Å². The average molecular weight is 487 g/mol. The van der Waals surface area contributed by atoms with Crippen LogP contribution in [0.25, 0.3) is 11.1 Å². The molecular weight excluding hydrogens is 464 g/mol. The normalized spacial score (nSPS) is 13.0. The summed E-state index contributed by atoms with van der Waals surface area (Å²) in [6.07, 6.45) is 0.919. The molecule has 1 aliphatic rings. The van der Waals surface area contributed by atoms with Crippen LogP contribution in [0.2, 0.25) is 5.02 Å². The van der Waals surface area contributed by atoms with Crippen LogP contribution in [0.3, 0.4) is 0 Å². The van der Waals surface area contributed by atoms with Crippen molar-refractivity contribution in [1.82, 2.24) is 9.79 Å². The van der Waals surface area contributed by atoms with Crippen molar-refractivity contribution in [3.63, 3.8) is 0 Å². The lowest BCUT2D eigenvalue weighted by atomic mass is 10.0. The third kappa shape index (κ3) is 4.89. The van der Waals surface area contributed by atoms with Crippen molar-refractivity contribution in [3.8, 4) is 16.9 Å². The van der Waals surface area contributed by atoms with Crippen LogP contribution in [0.4, 0.5) is 0 Å². The Hall–Kier alpha value is -2.91. The standard InChI is InChI=1S/C24H23ClN2O5S/c1-27(31-2)33(29,30)23-14-20(7-9-21(23)25)24(28)26-15-16-3-5-17(6-4-16)18-8-10-22-19(13-18)11-12-32-22/h3-10,13-14H,11-12,15H2,1-2H3,(H,26,28). The van der Waals surface area contributed by atoms with Crippen LogP contribution in [0.5, 0.6) is 5.75 Å². The van der Waals surface area contributed by atoms with Crippen molar-refractivity contribution >= 4 is 27.5 Å². The number of halogens is 1. The quantitative estimate of drug-likeness (QED) is 0.509. The van der Waals surface area contributed by atoms with Gasteiger partial charge in [0.25, 0.3) is 15.9 Å². The Labute approximate surface area is 197 Å². The van der Waals surface area contributed by atoms with E-state index in [1.165, 1.54) is 37.9 Å². The van der Waals surface area contributed by atoms with Gasteiger partial charge >= 0.3 is 0 Å². The van der Waals surface area contributed by atoms with E-state index < -0.39 is 15.9 Å². The van der Waals surface area contributed by atoms with Crippen LogP contribution in [-0.4, -0.2) is 39.6 Å². The second-order valence-electron chi connectivity index (χ2n) is 7.54. The molecule has 0 aromatic heterocycles. The fraction of sp³-hybridized carbons (Fsp3) is 0.208. The van der Waals surface area contributed by atoms with Gasteiger partial charge in [-0.3, -0.25) is 9.63 Å². The molecule has 4 rings (SSSR count). The highest BCUT2D eigenvalue weighted by Gasteiger charge is 2.25. The molecule has 3 aromatic rings. The number of nitrogens with zero attached hydrogens (tertiary/aromatic N) is 1. The zero-order valence-corrected chi connectivity index (χ0v) is 19.7. The molecule has 0 aliphatic carbocycles. The summed E-state index contributed by atoms with van der Waals surface area (Å²) in [5.41, 5.74) is 4.50. The van der Waals surface area contributed by atoms with E-state index in [4.69, 9.17) is 21.2 Å². The van der Waals surface area contributed by atoms with Gasteiger partial charge in [-0.25, -0.2) is 8.42 Å². The van der Waals surface area contributed by atoms with E-state index in [0.29, 0.717) is 11.0 Å². The minimum atomic E-state index is -3.99. The van der Waals surface area contributed by atoms with Gasteiger partial charge < -0.3 is 10.1 Å². The number of amides is 1. The summed E-state index contributed by atoms with van der Waals surface area (Å²) in [5.74, 6) is 0.538. The Balaban J connectivity index is 1.44. The first kappa shape index (κ1) is 23.3. The number of carbonyl (C=O) groups is 1. The summed E-state index contributed by atoms with van der Waals surface area (Å²) in [5, 5.41) is 2.82. The van der Waals surface area contributed by atoms with Gasteiger partial charge in [0.2, 0.25) is 0 Å². The van der Waals surface area contributed by atoms with Gasteiger partial charge in [0.1, 0.15) is 10.6 Å². The van der Waals surface area contributed by atoms with Crippen molar-refractivity contribution in [2.45, 2.75) is 17.9 Å². The molecule has 0 saturated heterocycles. The van der Waals surface area contributed by atoms with E-state index >= 15 is 0 Å². The Kier molecular flexibility index (Phi) is 6.71. The molecule has 3 aromatic carbocycles. The summed E-state index contributed by atoms with van der Waals surface area (Å²) in [7, 11) is -1.51. The zero-order valence-electron chi connectivity index (χ0n) is 18.2. The predicted octanol–water partition coefficient (Wildman–Crippen LogP) is 4.05. The molecule has 33 heavy (non-hydrogen) atoms. The molecule has 1 aliphatic heterocycles. The van der Waals surface area contributed by atoms with Crippen LogP contribution < -0.4 is 10.1 Å². The van der Waals surface area contributed by atoms with E-state index in [-0.39, 0.29) is 15.5 Å². The number of benzene rings is 3. The zero-order chi connectivity index (χ0) is 23.6. The molecule has 1 N–H and O–H groups in total. The van der Waals surface area contributed by atoms with Gasteiger partial charge in [-0.2, -0.15) is 0 Å². The Bertz CT molecular complexity index is 1290. The fourth-order valence-corrected chi connectivity index (χ4v) is 5.02. The molecule has 0 atom stereocenters.